The fraction of sp³-hybridized carbons (Fsp3) is 0.259. The summed E-state index contributed by atoms with van der Waals surface area (Å²) in [6.07, 6.45) is 4.79. The summed E-state index contributed by atoms with van der Waals surface area (Å²) in [7, 11) is 0. The summed E-state index contributed by atoms with van der Waals surface area (Å²) >= 11 is 0. The molecule has 5 nitrogen and oxygen atoms in total. The lowest BCUT2D eigenvalue weighted by molar-refractivity contribution is 0.324. The van der Waals surface area contributed by atoms with E-state index < -0.39 is 5.82 Å². The SMILES string of the molecule is CC(C)Nc1ccc(-c2c(C#N)c3ccc(Oc4ncccc4F)cc3n2C2CCC2)cc1. The molecule has 0 amide bonds. The fourth-order valence-corrected chi connectivity index (χ4v) is 4.39. The van der Waals surface area contributed by atoms with Crippen LogP contribution in [0.5, 0.6) is 11.6 Å². The van der Waals surface area contributed by atoms with Crippen molar-refractivity contribution in [2.45, 2.75) is 45.2 Å². The number of aromatic nitrogens is 2. The first-order valence-electron chi connectivity index (χ1n) is 11.3. The number of nitriles is 1. The highest BCUT2D eigenvalue weighted by molar-refractivity contribution is 5.95. The largest absolute Gasteiger partial charge is 0.436 e. The van der Waals surface area contributed by atoms with Gasteiger partial charge in [-0.3, -0.25) is 0 Å². The van der Waals surface area contributed by atoms with Crippen LogP contribution in [0, 0.1) is 17.1 Å². The van der Waals surface area contributed by atoms with E-state index in [4.69, 9.17) is 4.74 Å². The smallest absolute Gasteiger partial charge is 0.255 e. The summed E-state index contributed by atoms with van der Waals surface area (Å²) in [6.45, 7) is 4.21. The number of hydrogen-bond donors (Lipinski definition) is 1. The van der Waals surface area contributed by atoms with Crippen LogP contribution in [-0.2, 0) is 0 Å². The van der Waals surface area contributed by atoms with Crippen LogP contribution in [0.15, 0.2) is 60.8 Å². The van der Waals surface area contributed by atoms with Crippen molar-refractivity contribution in [2.75, 3.05) is 5.32 Å². The summed E-state index contributed by atoms with van der Waals surface area (Å²) in [5, 5.41) is 14.4. The van der Waals surface area contributed by atoms with Crippen molar-refractivity contribution in [1.29, 1.82) is 5.26 Å². The zero-order valence-electron chi connectivity index (χ0n) is 18.7. The molecule has 0 spiro atoms. The van der Waals surface area contributed by atoms with Gasteiger partial charge < -0.3 is 14.6 Å². The van der Waals surface area contributed by atoms with Crippen LogP contribution in [0.25, 0.3) is 22.2 Å². The normalized spacial score (nSPS) is 13.7. The molecule has 1 saturated carbocycles. The molecule has 5 rings (SSSR count). The molecule has 33 heavy (non-hydrogen) atoms. The highest BCUT2D eigenvalue weighted by Crippen LogP contribution is 2.43. The van der Waals surface area contributed by atoms with Gasteiger partial charge in [0.05, 0.1) is 16.8 Å². The van der Waals surface area contributed by atoms with Crippen LogP contribution in [0.3, 0.4) is 0 Å². The maximum Gasteiger partial charge on any atom is 0.255 e. The summed E-state index contributed by atoms with van der Waals surface area (Å²) in [4.78, 5) is 3.99. The first kappa shape index (κ1) is 21.0. The average Bonchev–Trinajstić information content (AvgIpc) is 3.08. The van der Waals surface area contributed by atoms with Gasteiger partial charge in [0.2, 0.25) is 0 Å². The van der Waals surface area contributed by atoms with E-state index in [-0.39, 0.29) is 5.88 Å². The molecular formula is C27H25FN4O. The molecule has 0 atom stereocenters. The maximum atomic E-state index is 14.1. The van der Waals surface area contributed by atoms with Gasteiger partial charge in [-0.15, -0.1) is 0 Å². The number of nitrogens with zero attached hydrogens (tertiary/aromatic N) is 3. The fourth-order valence-electron chi connectivity index (χ4n) is 4.39. The van der Waals surface area contributed by atoms with E-state index in [0.717, 1.165) is 47.1 Å². The van der Waals surface area contributed by atoms with Gasteiger partial charge >= 0.3 is 0 Å². The zero-order valence-corrected chi connectivity index (χ0v) is 18.7. The Balaban J connectivity index is 1.64. The van der Waals surface area contributed by atoms with Crippen LogP contribution in [0.2, 0.25) is 0 Å². The Kier molecular flexibility index (Phi) is 5.47. The van der Waals surface area contributed by atoms with E-state index in [2.05, 4.69) is 59.1 Å². The minimum Gasteiger partial charge on any atom is -0.436 e. The molecule has 2 aromatic heterocycles. The van der Waals surface area contributed by atoms with Gasteiger partial charge in [0.25, 0.3) is 5.88 Å². The van der Waals surface area contributed by atoms with Crippen molar-refractivity contribution >= 4 is 16.6 Å². The first-order valence-corrected chi connectivity index (χ1v) is 11.3. The molecule has 2 aromatic carbocycles. The summed E-state index contributed by atoms with van der Waals surface area (Å²) in [5.74, 6) is -0.0845. The van der Waals surface area contributed by atoms with Crippen molar-refractivity contribution in [2.24, 2.45) is 0 Å². The second-order valence-electron chi connectivity index (χ2n) is 8.74. The third-order valence-electron chi connectivity index (χ3n) is 6.08. The molecule has 0 unspecified atom stereocenters. The van der Waals surface area contributed by atoms with E-state index in [1.165, 1.54) is 18.3 Å². The molecule has 0 saturated heterocycles. The predicted molar refractivity (Wildman–Crippen MR) is 128 cm³/mol. The second kappa shape index (κ2) is 8.59. The highest BCUT2D eigenvalue weighted by Gasteiger charge is 2.28. The van der Waals surface area contributed by atoms with Gasteiger partial charge in [-0.25, -0.2) is 9.37 Å². The lowest BCUT2D eigenvalue weighted by atomic mass is 9.92. The minimum atomic E-state index is -0.513. The number of anilines is 1. The average molecular weight is 441 g/mol. The Morgan fingerprint density at radius 1 is 1.15 bits per heavy atom. The number of ether oxygens (including phenoxy) is 1. The van der Waals surface area contributed by atoms with Crippen LogP contribution in [-0.4, -0.2) is 15.6 Å². The Morgan fingerprint density at radius 3 is 2.58 bits per heavy atom. The molecule has 0 radical (unpaired) electrons. The van der Waals surface area contributed by atoms with E-state index in [0.29, 0.717) is 23.4 Å². The predicted octanol–water partition coefficient (Wildman–Crippen LogP) is 7.05. The summed E-state index contributed by atoms with van der Waals surface area (Å²) < 4.78 is 22.1. The van der Waals surface area contributed by atoms with Crippen LogP contribution in [0.4, 0.5) is 10.1 Å². The molecule has 1 N–H and O–H groups in total. The molecular weight excluding hydrogens is 415 g/mol. The van der Waals surface area contributed by atoms with Crippen LogP contribution >= 0.6 is 0 Å². The number of nitrogens with one attached hydrogen (secondary N) is 1. The standard InChI is InChI=1S/C27H25FN4O/c1-17(2)31-19-10-8-18(9-11-19)26-23(16-29)22-13-12-21(33-27-24(28)7-4-14-30-27)15-25(22)32(26)20-5-3-6-20/h4,7-15,17,20,31H,3,5-6H2,1-2H3. The van der Waals surface area contributed by atoms with Crippen molar-refractivity contribution < 1.29 is 9.13 Å². The third-order valence-corrected chi connectivity index (χ3v) is 6.08. The van der Waals surface area contributed by atoms with Crippen LogP contribution < -0.4 is 10.1 Å². The molecule has 1 fully saturated rings. The minimum absolute atomic E-state index is 0.0624. The Morgan fingerprint density at radius 2 is 1.94 bits per heavy atom. The molecule has 0 aliphatic heterocycles. The van der Waals surface area contributed by atoms with Crippen LogP contribution in [0.1, 0.15) is 44.7 Å². The van der Waals surface area contributed by atoms with E-state index in [1.54, 1.807) is 6.07 Å². The van der Waals surface area contributed by atoms with Crippen molar-refractivity contribution in [1.82, 2.24) is 9.55 Å². The lowest BCUT2D eigenvalue weighted by Crippen LogP contribution is -2.17. The molecule has 1 aliphatic carbocycles. The quantitative estimate of drug-likeness (QED) is 0.349. The maximum absolute atomic E-state index is 14.1. The first-order chi connectivity index (χ1) is 16.0. The topological polar surface area (TPSA) is 62.9 Å². The number of pyridine rings is 1. The number of rotatable bonds is 6. The third kappa shape index (κ3) is 3.91. The Hall–Kier alpha value is -3.85. The van der Waals surface area contributed by atoms with Gasteiger partial charge in [0, 0.05) is 35.4 Å². The number of hydrogen-bond acceptors (Lipinski definition) is 4. The van der Waals surface area contributed by atoms with Gasteiger partial charge in [-0.1, -0.05) is 12.1 Å². The number of benzene rings is 2. The second-order valence-corrected chi connectivity index (χ2v) is 8.74. The van der Waals surface area contributed by atoms with Gasteiger partial charge in [0.15, 0.2) is 5.82 Å². The van der Waals surface area contributed by atoms with E-state index in [1.807, 2.05) is 12.1 Å². The van der Waals surface area contributed by atoms with E-state index in [9.17, 15) is 9.65 Å². The molecule has 166 valence electrons. The van der Waals surface area contributed by atoms with Gasteiger partial charge in [0.1, 0.15) is 11.8 Å². The molecule has 1 aliphatic rings. The Bertz CT molecular complexity index is 1350. The summed E-state index contributed by atoms with van der Waals surface area (Å²) in [5.41, 5.74) is 4.55. The molecule has 0 bridgehead atoms. The van der Waals surface area contributed by atoms with E-state index >= 15 is 0 Å². The molecule has 2 heterocycles. The zero-order chi connectivity index (χ0) is 22.9. The highest BCUT2D eigenvalue weighted by atomic mass is 19.1. The monoisotopic (exact) mass is 440 g/mol. The lowest BCUT2D eigenvalue weighted by Gasteiger charge is -2.30. The van der Waals surface area contributed by atoms with Crippen molar-refractivity contribution in [3.8, 4) is 29.0 Å². The summed E-state index contributed by atoms with van der Waals surface area (Å²) in [6, 6.07) is 19.7. The Labute approximate surface area is 192 Å². The van der Waals surface area contributed by atoms with Crippen molar-refractivity contribution in [3.63, 3.8) is 0 Å². The van der Waals surface area contributed by atoms with Gasteiger partial charge in [-0.2, -0.15) is 5.26 Å². The molecule has 6 heteroatoms. The number of halogens is 1. The number of fused-ring (bicyclic) bond motifs is 1. The molecule has 4 aromatic rings. The van der Waals surface area contributed by atoms with Crippen molar-refractivity contribution in [3.05, 3.63) is 72.2 Å². The van der Waals surface area contributed by atoms with Gasteiger partial charge in [-0.05, 0) is 75.1 Å².